The molecule has 1 saturated heterocycles. The van der Waals surface area contributed by atoms with E-state index in [1.807, 2.05) is 0 Å². The predicted octanol–water partition coefficient (Wildman–Crippen LogP) is 1.98. The quantitative estimate of drug-likeness (QED) is 0.882. The third kappa shape index (κ3) is 3.72. The summed E-state index contributed by atoms with van der Waals surface area (Å²) in [5.41, 5.74) is 2.47. The smallest absolute Gasteiger partial charge is 0.122 e. The van der Waals surface area contributed by atoms with Gasteiger partial charge in [0, 0.05) is 32.2 Å². The maximum Gasteiger partial charge on any atom is 0.122 e. The lowest BCUT2D eigenvalue weighted by Gasteiger charge is -2.31. The largest absolute Gasteiger partial charge is 0.492 e. The van der Waals surface area contributed by atoms with Crippen LogP contribution < -0.4 is 10.1 Å². The maximum absolute atomic E-state index is 5.89. The van der Waals surface area contributed by atoms with Gasteiger partial charge in [-0.05, 0) is 38.0 Å². The average molecular weight is 248 g/mol. The number of nitrogens with zero attached hydrogens (tertiary/aromatic N) is 1. The van der Waals surface area contributed by atoms with Crippen LogP contribution in [0.1, 0.15) is 18.1 Å². The van der Waals surface area contributed by atoms with Gasteiger partial charge in [0.05, 0.1) is 0 Å². The molecule has 1 aliphatic heterocycles. The zero-order valence-electron chi connectivity index (χ0n) is 11.7. The Morgan fingerprint density at radius 3 is 3.00 bits per heavy atom. The molecule has 2 rings (SSSR count). The summed E-state index contributed by atoms with van der Waals surface area (Å²) in [7, 11) is 0. The van der Waals surface area contributed by atoms with Crippen molar-refractivity contribution in [3.8, 4) is 5.75 Å². The van der Waals surface area contributed by atoms with Crippen molar-refractivity contribution in [2.24, 2.45) is 0 Å². The van der Waals surface area contributed by atoms with Gasteiger partial charge in [0.2, 0.25) is 0 Å². The van der Waals surface area contributed by atoms with Gasteiger partial charge in [-0.1, -0.05) is 12.1 Å². The molecule has 0 aromatic heterocycles. The molecule has 0 radical (unpaired) electrons. The van der Waals surface area contributed by atoms with Gasteiger partial charge in [-0.25, -0.2) is 0 Å². The number of hydrogen-bond donors (Lipinski definition) is 1. The molecule has 0 bridgehead atoms. The lowest BCUT2D eigenvalue weighted by molar-refractivity contribution is 0.170. The molecule has 3 heteroatoms. The molecular formula is C15H24N2O. The number of ether oxygens (including phenoxy) is 1. The molecule has 0 unspecified atom stereocenters. The van der Waals surface area contributed by atoms with E-state index in [0.29, 0.717) is 6.04 Å². The zero-order chi connectivity index (χ0) is 13.0. The topological polar surface area (TPSA) is 24.5 Å². The Labute approximate surface area is 110 Å². The van der Waals surface area contributed by atoms with E-state index in [2.05, 4.69) is 49.2 Å². The molecule has 1 N–H and O–H groups in total. The highest BCUT2D eigenvalue weighted by molar-refractivity contribution is 5.35. The summed E-state index contributed by atoms with van der Waals surface area (Å²) in [6.07, 6.45) is 0. The highest BCUT2D eigenvalue weighted by atomic mass is 16.5. The van der Waals surface area contributed by atoms with E-state index < -0.39 is 0 Å². The Bertz CT molecular complexity index is 392. The Hall–Kier alpha value is -1.06. The van der Waals surface area contributed by atoms with Crippen LogP contribution in [-0.2, 0) is 0 Å². The minimum Gasteiger partial charge on any atom is -0.492 e. The molecule has 1 aromatic carbocycles. The lowest BCUT2D eigenvalue weighted by Crippen LogP contribution is -2.50. The average Bonchev–Trinajstić information content (AvgIpc) is 2.34. The van der Waals surface area contributed by atoms with Crippen molar-refractivity contribution >= 4 is 0 Å². The lowest BCUT2D eigenvalue weighted by atomic mass is 10.1. The molecule has 0 aliphatic carbocycles. The van der Waals surface area contributed by atoms with E-state index in [9.17, 15) is 0 Å². The van der Waals surface area contributed by atoms with Crippen LogP contribution in [0.25, 0.3) is 0 Å². The number of aryl methyl sites for hydroxylation is 2. The van der Waals surface area contributed by atoms with Crippen molar-refractivity contribution in [2.45, 2.75) is 26.8 Å². The maximum atomic E-state index is 5.89. The summed E-state index contributed by atoms with van der Waals surface area (Å²) < 4.78 is 5.89. The Morgan fingerprint density at radius 2 is 2.22 bits per heavy atom. The minimum atomic E-state index is 0.597. The molecule has 100 valence electrons. The molecule has 1 heterocycles. The molecule has 0 spiro atoms. The number of piperazine rings is 1. The van der Waals surface area contributed by atoms with Gasteiger partial charge in [-0.3, -0.25) is 4.90 Å². The van der Waals surface area contributed by atoms with Crippen LogP contribution in [0.3, 0.4) is 0 Å². The van der Waals surface area contributed by atoms with Crippen LogP contribution in [0, 0.1) is 13.8 Å². The summed E-state index contributed by atoms with van der Waals surface area (Å²) in [6, 6.07) is 6.97. The van der Waals surface area contributed by atoms with Crippen molar-refractivity contribution in [1.82, 2.24) is 10.2 Å². The Kier molecular flexibility index (Phi) is 4.61. The highest BCUT2D eigenvalue weighted by Gasteiger charge is 2.14. The fraction of sp³-hybridized carbons (Fsp3) is 0.600. The Morgan fingerprint density at radius 1 is 1.39 bits per heavy atom. The molecule has 0 saturated carbocycles. The normalized spacial score (nSPS) is 20.9. The predicted molar refractivity (Wildman–Crippen MR) is 75.3 cm³/mol. The number of nitrogens with one attached hydrogen (secondary N) is 1. The van der Waals surface area contributed by atoms with Crippen molar-refractivity contribution in [1.29, 1.82) is 0 Å². The molecule has 0 amide bonds. The first-order chi connectivity index (χ1) is 8.65. The van der Waals surface area contributed by atoms with Crippen LogP contribution in [0.2, 0.25) is 0 Å². The summed E-state index contributed by atoms with van der Waals surface area (Å²) in [5, 5.41) is 3.45. The van der Waals surface area contributed by atoms with Crippen molar-refractivity contribution in [3.05, 3.63) is 29.3 Å². The van der Waals surface area contributed by atoms with Crippen molar-refractivity contribution in [3.63, 3.8) is 0 Å². The zero-order valence-corrected chi connectivity index (χ0v) is 11.7. The first kappa shape index (κ1) is 13.4. The van der Waals surface area contributed by atoms with E-state index in [4.69, 9.17) is 4.74 Å². The van der Waals surface area contributed by atoms with Gasteiger partial charge >= 0.3 is 0 Å². The molecular weight excluding hydrogens is 224 g/mol. The van der Waals surface area contributed by atoms with E-state index >= 15 is 0 Å². The molecule has 18 heavy (non-hydrogen) atoms. The van der Waals surface area contributed by atoms with Gasteiger partial charge in [0.25, 0.3) is 0 Å². The van der Waals surface area contributed by atoms with Crippen LogP contribution in [-0.4, -0.2) is 43.7 Å². The summed E-state index contributed by atoms with van der Waals surface area (Å²) in [4.78, 5) is 2.46. The molecule has 1 aromatic rings. The van der Waals surface area contributed by atoms with Gasteiger partial charge in [0.1, 0.15) is 12.4 Å². The number of benzene rings is 1. The number of rotatable bonds is 4. The standard InChI is InChI=1S/C15H24N2O/c1-12-4-5-13(2)15(10-12)18-9-8-17-7-6-16-14(3)11-17/h4-5,10,14,16H,6-9,11H2,1-3H3/t14-/m1/s1. The highest BCUT2D eigenvalue weighted by Crippen LogP contribution is 2.18. The summed E-state index contributed by atoms with van der Waals surface area (Å²) >= 11 is 0. The second kappa shape index (κ2) is 6.21. The van der Waals surface area contributed by atoms with Gasteiger partial charge in [0.15, 0.2) is 0 Å². The second-order valence-corrected chi connectivity index (χ2v) is 5.27. The SMILES string of the molecule is Cc1ccc(C)c(OCCN2CCN[C@H](C)C2)c1. The van der Waals surface area contributed by atoms with Gasteiger partial charge in [-0.2, -0.15) is 0 Å². The van der Waals surface area contributed by atoms with Crippen LogP contribution in [0.5, 0.6) is 5.75 Å². The van der Waals surface area contributed by atoms with Crippen LogP contribution in [0.4, 0.5) is 0 Å². The summed E-state index contributed by atoms with van der Waals surface area (Å²) in [6.45, 7) is 11.6. The van der Waals surface area contributed by atoms with Crippen molar-refractivity contribution < 1.29 is 4.74 Å². The molecule has 1 atom stereocenters. The molecule has 3 nitrogen and oxygen atoms in total. The molecule has 1 aliphatic rings. The van der Waals surface area contributed by atoms with Crippen molar-refractivity contribution in [2.75, 3.05) is 32.8 Å². The first-order valence-corrected chi connectivity index (χ1v) is 6.81. The second-order valence-electron chi connectivity index (χ2n) is 5.27. The fourth-order valence-corrected chi connectivity index (χ4v) is 2.36. The van der Waals surface area contributed by atoms with Crippen LogP contribution in [0.15, 0.2) is 18.2 Å². The van der Waals surface area contributed by atoms with Gasteiger partial charge in [-0.15, -0.1) is 0 Å². The monoisotopic (exact) mass is 248 g/mol. The molecule has 1 fully saturated rings. The van der Waals surface area contributed by atoms with E-state index in [0.717, 1.165) is 38.5 Å². The van der Waals surface area contributed by atoms with E-state index in [1.54, 1.807) is 0 Å². The number of hydrogen-bond acceptors (Lipinski definition) is 3. The van der Waals surface area contributed by atoms with Crippen LogP contribution >= 0.6 is 0 Å². The third-order valence-corrected chi connectivity index (χ3v) is 3.46. The minimum absolute atomic E-state index is 0.597. The van der Waals surface area contributed by atoms with E-state index in [1.165, 1.54) is 11.1 Å². The van der Waals surface area contributed by atoms with E-state index in [-0.39, 0.29) is 0 Å². The first-order valence-electron chi connectivity index (χ1n) is 6.81. The Balaban J connectivity index is 1.79. The third-order valence-electron chi connectivity index (χ3n) is 3.46. The van der Waals surface area contributed by atoms with Gasteiger partial charge < -0.3 is 10.1 Å². The summed E-state index contributed by atoms with van der Waals surface area (Å²) in [5.74, 6) is 1.03. The fourth-order valence-electron chi connectivity index (χ4n) is 2.36.